The summed E-state index contributed by atoms with van der Waals surface area (Å²) in [6, 6.07) is 3.43. The van der Waals surface area contributed by atoms with Crippen molar-refractivity contribution in [3.8, 4) is 5.75 Å². The summed E-state index contributed by atoms with van der Waals surface area (Å²) in [4.78, 5) is 33.0. The summed E-state index contributed by atoms with van der Waals surface area (Å²) in [5.41, 5.74) is -0.341. The van der Waals surface area contributed by atoms with Crippen LogP contribution in [0, 0.1) is 11.8 Å². The molecule has 0 radical (unpaired) electrons. The molecule has 5 rings (SSSR count). The molecule has 0 bridgehead atoms. The van der Waals surface area contributed by atoms with Crippen LogP contribution in [0.15, 0.2) is 42.6 Å². The number of amides is 1. The largest absolute Gasteiger partial charge is 0.490 e. The van der Waals surface area contributed by atoms with Crippen molar-refractivity contribution in [2.75, 3.05) is 11.5 Å². The molecule has 4 N–H and O–H groups in total. The highest BCUT2D eigenvalue weighted by atomic mass is 19.4. The third kappa shape index (κ3) is 8.96. The predicted octanol–water partition coefficient (Wildman–Crippen LogP) is 8.87. The molecular weight excluding hydrogens is 727 g/mol. The van der Waals surface area contributed by atoms with Gasteiger partial charge in [0.05, 0.1) is 40.9 Å². The van der Waals surface area contributed by atoms with Crippen molar-refractivity contribution in [2.24, 2.45) is 17.6 Å². The summed E-state index contributed by atoms with van der Waals surface area (Å²) < 4.78 is 130. The number of nitrogens with two attached hydrogens (primary N) is 1. The molecule has 9 nitrogen and oxygen atoms in total. The molecule has 2 aromatic carbocycles. The van der Waals surface area contributed by atoms with Gasteiger partial charge in [0.2, 0.25) is 0 Å². The molecule has 1 saturated carbocycles. The van der Waals surface area contributed by atoms with Gasteiger partial charge in [-0.3, -0.25) is 9.69 Å². The van der Waals surface area contributed by atoms with E-state index < -0.39 is 70.8 Å². The molecule has 1 aliphatic carbocycles. The van der Waals surface area contributed by atoms with E-state index in [2.05, 4.69) is 9.97 Å². The number of alkyl halides is 9. The number of carbonyl (C=O) groups is 2. The average Bonchev–Trinajstić information content (AvgIpc) is 3.06. The lowest BCUT2D eigenvalue weighted by Gasteiger charge is -2.46. The second-order valence-corrected chi connectivity index (χ2v) is 13.5. The first-order valence-electron chi connectivity index (χ1n) is 16.6. The number of benzene rings is 2. The van der Waals surface area contributed by atoms with E-state index in [-0.39, 0.29) is 72.3 Å². The molecule has 0 unspecified atom stereocenters. The maximum atomic E-state index is 13.9. The Balaban J connectivity index is 1.60. The van der Waals surface area contributed by atoms with E-state index in [1.54, 1.807) is 6.92 Å². The number of nitrogens with zero attached hydrogens (tertiary/aromatic N) is 3. The van der Waals surface area contributed by atoms with Gasteiger partial charge in [0.1, 0.15) is 11.5 Å². The summed E-state index contributed by atoms with van der Waals surface area (Å²) in [5, 5.41) is 19.2. The van der Waals surface area contributed by atoms with E-state index in [0.717, 1.165) is 23.2 Å². The van der Waals surface area contributed by atoms with E-state index in [0.29, 0.717) is 43.9 Å². The second kappa shape index (κ2) is 14.7. The van der Waals surface area contributed by atoms with Crippen molar-refractivity contribution >= 4 is 17.7 Å². The maximum absolute atomic E-state index is 13.9. The highest BCUT2D eigenvalue weighted by molar-refractivity contribution is 5.90. The number of fused-ring (bicyclic) bond motifs is 1. The van der Waals surface area contributed by atoms with Crippen LogP contribution in [0.1, 0.15) is 97.1 Å². The van der Waals surface area contributed by atoms with Crippen molar-refractivity contribution in [3.05, 3.63) is 81.9 Å². The third-order valence-electron chi connectivity index (χ3n) is 9.86. The highest BCUT2D eigenvalue weighted by Crippen LogP contribution is 2.47. The van der Waals surface area contributed by atoms with Crippen LogP contribution >= 0.6 is 0 Å². The van der Waals surface area contributed by atoms with Crippen LogP contribution in [0.5, 0.6) is 5.75 Å². The molecule has 2 heterocycles. The molecule has 3 aromatic rings. The monoisotopic (exact) mass is 762 g/mol. The van der Waals surface area contributed by atoms with Gasteiger partial charge in [0.25, 0.3) is 0 Å². The molecule has 18 heteroatoms. The molecule has 1 aromatic heterocycles. The second-order valence-electron chi connectivity index (χ2n) is 13.5. The zero-order valence-corrected chi connectivity index (χ0v) is 28.1. The first-order valence-corrected chi connectivity index (χ1v) is 16.6. The summed E-state index contributed by atoms with van der Waals surface area (Å²) in [6.45, 7) is 1.59. The van der Waals surface area contributed by atoms with Gasteiger partial charge in [-0.2, -0.15) is 39.5 Å². The number of aliphatic carboxylic acids is 1. The maximum Gasteiger partial charge on any atom is 0.416 e. The lowest BCUT2D eigenvalue weighted by molar-refractivity contribution is -0.143. The van der Waals surface area contributed by atoms with E-state index in [9.17, 15) is 54.2 Å². The Hall–Kier alpha value is -4.61. The summed E-state index contributed by atoms with van der Waals surface area (Å²) in [7, 11) is 0. The number of ether oxygens (including phenoxy) is 1. The van der Waals surface area contributed by atoms with Crippen molar-refractivity contribution in [3.63, 3.8) is 0 Å². The van der Waals surface area contributed by atoms with Gasteiger partial charge < -0.3 is 20.7 Å². The predicted molar refractivity (Wildman–Crippen MR) is 170 cm³/mol. The van der Waals surface area contributed by atoms with Crippen molar-refractivity contribution in [2.45, 2.75) is 88.4 Å². The number of carboxylic acid groups (broad SMARTS) is 2. The molecule has 53 heavy (non-hydrogen) atoms. The van der Waals surface area contributed by atoms with E-state index in [4.69, 9.17) is 15.6 Å². The van der Waals surface area contributed by atoms with Gasteiger partial charge in [0, 0.05) is 18.8 Å². The molecule has 1 amide bonds. The fourth-order valence-corrected chi connectivity index (χ4v) is 7.04. The highest BCUT2D eigenvalue weighted by Gasteiger charge is 2.47. The van der Waals surface area contributed by atoms with Crippen LogP contribution in [0.3, 0.4) is 0 Å². The first kappa shape index (κ1) is 39.6. The minimum absolute atomic E-state index is 0.00499. The first-order chi connectivity index (χ1) is 24.6. The van der Waals surface area contributed by atoms with E-state index in [1.165, 1.54) is 0 Å². The molecule has 1 fully saturated rings. The van der Waals surface area contributed by atoms with E-state index >= 15 is 0 Å². The van der Waals surface area contributed by atoms with Crippen LogP contribution in [-0.2, 0) is 29.7 Å². The molecule has 2 atom stereocenters. The quantitative estimate of drug-likeness (QED) is 0.184. The number of hydrogen-bond donors (Lipinski definition) is 3. The van der Waals surface area contributed by atoms with Crippen LogP contribution in [0.4, 0.5) is 50.0 Å². The summed E-state index contributed by atoms with van der Waals surface area (Å²) in [6.07, 6.45) is -14.1. The molecule has 0 saturated heterocycles. The fraction of sp³-hybridized carbons (Fsp3) is 0.486. The van der Waals surface area contributed by atoms with Gasteiger partial charge in [0.15, 0.2) is 5.75 Å². The third-order valence-corrected chi connectivity index (χ3v) is 9.86. The Morgan fingerprint density at radius 3 is 2.00 bits per heavy atom. The van der Waals surface area contributed by atoms with Crippen molar-refractivity contribution in [1.82, 2.24) is 9.97 Å². The lowest BCUT2D eigenvalue weighted by atomic mass is 9.80. The van der Waals surface area contributed by atoms with Gasteiger partial charge in [-0.1, -0.05) is 6.92 Å². The average molecular weight is 763 g/mol. The minimum Gasteiger partial charge on any atom is -0.490 e. The van der Waals surface area contributed by atoms with E-state index in [1.807, 2.05) is 0 Å². The van der Waals surface area contributed by atoms with Gasteiger partial charge in [-0.15, -0.1) is 0 Å². The molecule has 1 aliphatic heterocycles. The number of aromatic nitrogens is 2. The smallest absolute Gasteiger partial charge is 0.416 e. The fourth-order valence-electron chi connectivity index (χ4n) is 7.04. The zero-order chi connectivity index (χ0) is 39.1. The van der Waals surface area contributed by atoms with Gasteiger partial charge >= 0.3 is 30.6 Å². The number of carboxylic acids is 1. The van der Waals surface area contributed by atoms with Crippen molar-refractivity contribution < 1.29 is 64.1 Å². The Labute approximate surface area is 297 Å². The van der Waals surface area contributed by atoms with Crippen LogP contribution in [0.2, 0.25) is 0 Å². The SMILES string of the molecule is CC[C@]1(N)C[C@H](c2ncc(OCC3CCC(CC(=O)O)CC3)c(Cc3cc(C(F)(F)F)cc(C(F)(F)F)c3)n2)c2cc(C(F)(F)F)ccc2N1C(=O)O. The summed E-state index contributed by atoms with van der Waals surface area (Å²) in [5.74, 6) is -2.54. The topological polar surface area (TPSA) is 139 Å². The Morgan fingerprint density at radius 1 is 0.887 bits per heavy atom. The molecule has 2 aliphatic rings. The summed E-state index contributed by atoms with van der Waals surface area (Å²) >= 11 is 0. The van der Waals surface area contributed by atoms with Crippen LogP contribution in [-0.4, -0.2) is 44.5 Å². The lowest BCUT2D eigenvalue weighted by Crippen LogP contribution is -2.61. The normalized spacial score (nSPS) is 22.3. The molecular formula is C35H35F9N4O5. The van der Waals surface area contributed by atoms with Gasteiger partial charge in [-0.05, 0) is 97.9 Å². The number of anilines is 1. The van der Waals surface area contributed by atoms with Crippen LogP contribution in [0.25, 0.3) is 0 Å². The number of halogens is 9. The minimum atomic E-state index is -5.14. The zero-order valence-electron chi connectivity index (χ0n) is 28.1. The van der Waals surface area contributed by atoms with Crippen LogP contribution < -0.4 is 15.4 Å². The Kier molecular flexibility index (Phi) is 11.0. The number of rotatable bonds is 9. The number of hydrogen-bond acceptors (Lipinski definition) is 6. The Bertz CT molecular complexity index is 1810. The van der Waals surface area contributed by atoms with Crippen molar-refractivity contribution in [1.29, 1.82) is 0 Å². The van der Waals surface area contributed by atoms with Gasteiger partial charge in [-0.25, -0.2) is 14.8 Å². The standard InChI is InChI=1S/C35H35F9N4O5/c1-2-32(45)15-25(24-14-21(33(36,37)38)7-8-27(24)48(32)31(51)52)30-46-16-28(53-17-19-5-3-18(4-6-19)12-29(49)50)26(47-30)11-20-9-22(34(39,40)41)13-23(10-20)35(42,43)44/h7-10,13-14,16,18-19,25H,2-6,11-12,15,17,45H2,1H3,(H,49,50)(H,51,52)/t18?,19?,25-,32+/m0/s1. The Morgan fingerprint density at radius 2 is 1.47 bits per heavy atom. The molecule has 0 spiro atoms. The molecule has 288 valence electrons.